The first-order valence-electron chi connectivity index (χ1n) is 15.1. The van der Waals surface area contributed by atoms with Crippen molar-refractivity contribution in [2.45, 2.75) is 6.54 Å². The molecular weight excluding hydrogens is 692 g/mol. The Bertz CT molecular complexity index is 1980. The van der Waals surface area contributed by atoms with Crippen LogP contribution in [0.2, 0.25) is 0 Å². The third kappa shape index (κ3) is 10.4. The molecule has 0 amide bonds. The Morgan fingerprint density at radius 2 is 1.24 bits per heavy atom. The van der Waals surface area contributed by atoms with Crippen LogP contribution in [0.3, 0.4) is 0 Å². The number of halogens is 1. The quantitative estimate of drug-likeness (QED) is 0.0825. The van der Waals surface area contributed by atoms with E-state index in [1.54, 1.807) is 66.7 Å². The standard InChI is InChI=1S/C19H17NO4.C10H9NO2.C9H9BrO2/c1-23-19(22)16-5-4-15-8-9-20(18(15)12-16)10-11-24-17-6-2-14(13-21)3-7-17;1-13-10(12)8-3-2-7-4-5-11-9(7)6-8;10-5-6-12-9-3-1-8(7-11)2-4-9/h2-9,12-13H,10-11H2,1H3;2-6,11H,1H3;1-4,7H,5-6H2. The number of esters is 2. The fraction of sp³-hybridized carbons (Fsp3) is 0.158. The monoisotopic (exact) mass is 726 g/mol. The second-order valence-electron chi connectivity index (χ2n) is 10.3. The Kier molecular flexibility index (Phi) is 13.7. The summed E-state index contributed by atoms with van der Waals surface area (Å²) in [5, 5.41) is 2.95. The van der Waals surface area contributed by atoms with Gasteiger partial charge < -0.3 is 28.5 Å². The number of H-pyrrole nitrogens is 1. The Morgan fingerprint density at radius 1 is 0.694 bits per heavy atom. The van der Waals surface area contributed by atoms with Gasteiger partial charge in [0.1, 0.15) is 30.7 Å². The number of hydrogen-bond donors (Lipinski definition) is 1. The molecular formula is C38H35BrN2O8. The molecule has 2 heterocycles. The molecule has 6 aromatic rings. The van der Waals surface area contributed by atoms with Gasteiger partial charge in [-0.3, -0.25) is 9.59 Å². The topological polar surface area (TPSA) is 126 Å². The van der Waals surface area contributed by atoms with Gasteiger partial charge in [-0.05, 0) is 95.7 Å². The van der Waals surface area contributed by atoms with E-state index in [4.69, 9.17) is 14.2 Å². The van der Waals surface area contributed by atoms with Gasteiger partial charge in [-0.2, -0.15) is 0 Å². The van der Waals surface area contributed by atoms with Crippen LogP contribution in [-0.4, -0.2) is 66.8 Å². The van der Waals surface area contributed by atoms with E-state index in [0.29, 0.717) is 47.8 Å². The number of rotatable bonds is 11. The summed E-state index contributed by atoms with van der Waals surface area (Å²) < 4.78 is 22.4. The molecule has 0 saturated carbocycles. The maximum atomic E-state index is 11.7. The number of aldehydes is 2. The number of ether oxygens (including phenoxy) is 4. The molecule has 252 valence electrons. The van der Waals surface area contributed by atoms with Gasteiger partial charge in [0.25, 0.3) is 0 Å². The van der Waals surface area contributed by atoms with Gasteiger partial charge in [-0.1, -0.05) is 28.1 Å². The SMILES string of the molecule is COC(=O)c1ccc2cc[nH]c2c1.COC(=O)c1ccc2ccn(CCOc3ccc(C=O)cc3)c2c1.O=Cc1ccc(OCCBr)cc1. The first-order chi connectivity index (χ1) is 23.9. The number of nitrogens with one attached hydrogen (secondary N) is 1. The lowest BCUT2D eigenvalue weighted by Crippen LogP contribution is -2.08. The first-order valence-corrected chi connectivity index (χ1v) is 16.3. The summed E-state index contributed by atoms with van der Waals surface area (Å²) in [6.07, 6.45) is 5.42. The van der Waals surface area contributed by atoms with Gasteiger partial charge in [0.05, 0.1) is 38.5 Å². The summed E-state index contributed by atoms with van der Waals surface area (Å²) in [4.78, 5) is 46.8. The first kappa shape index (κ1) is 36.2. The molecule has 0 aliphatic carbocycles. The van der Waals surface area contributed by atoms with Crippen molar-refractivity contribution >= 4 is 62.2 Å². The highest BCUT2D eigenvalue weighted by Crippen LogP contribution is 2.19. The van der Waals surface area contributed by atoms with Gasteiger partial charge in [0.15, 0.2) is 0 Å². The zero-order chi connectivity index (χ0) is 35.0. The lowest BCUT2D eigenvalue weighted by atomic mass is 10.1. The molecule has 0 unspecified atom stereocenters. The average molecular weight is 728 g/mol. The number of aromatic nitrogens is 2. The molecule has 0 aliphatic heterocycles. The highest BCUT2D eigenvalue weighted by molar-refractivity contribution is 9.09. The summed E-state index contributed by atoms with van der Waals surface area (Å²) in [5.74, 6) is 0.847. The summed E-state index contributed by atoms with van der Waals surface area (Å²) in [6.45, 7) is 1.76. The number of methoxy groups -OCH3 is 2. The summed E-state index contributed by atoms with van der Waals surface area (Å²) >= 11 is 3.25. The fourth-order valence-electron chi connectivity index (χ4n) is 4.62. The summed E-state index contributed by atoms with van der Waals surface area (Å²) in [7, 11) is 2.75. The van der Waals surface area contributed by atoms with Crippen LogP contribution in [0.4, 0.5) is 0 Å². The molecule has 49 heavy (non-hydrogen) atoms. The van der Waals surface area contributed by atoms with Gasteiger partial charge in [0.2, 0.25) is 0 Å². The zero-order valence-electron chi connectivity index (χ0n) is 27.0. The lowest BCUT2D eigenvalue weighted by molar-refractivity contribution is 0.0592. The zero-order valence-corrected chi connectivity index (χ0v) is 28.6. The van der Waals surface area contributed by atoms with Crippen LogP contribution in [0.25, 0.3) is 21.8 Å². The Morgan fingerprint density at radius 3 is 1.80 bits per heavy atom. The molecule has 11 heteroatoms. The molecule has 10 nitrogen and oxygen atoms in total. The third-order valence-corrected chi connectivity index (χ3v) is 7.47. The number of carbonyl (C=O) groups excluding carboxylic acids is 4. The average Bonchev–Trinajstić information content (AvgIpc) is 3.80. The minimum absolute atomic E-state index is 0.309. The Labute approximate surface area is 291 Å². The number of carbonyl (C=O) groups is 4. The van der Waals surface area contributed by atoms with Crippen molar-refractivity contribution in [1.82, 2.24) is 9.55 Å². The summed E-state index contributed by atoms with van der Waals surface area (Å²) in [5.41, 5.74) is 4.28. The van der Waals surface area contributed by atoms with E-state index < -0.39 is 0 Å². The molecule has 0 aliphatic rings. The second-order valence-corrected chi connectivity index (χ2v) is 11.1. The van der Waals surface area contributed by atoms with E-state index in [2.05, 4.69) is 25.7 Å². The minimum atomic E-state index is -0.351. The largest absolute Gasteiger partial charge is 0.493 e. The van der Waals surface area contributed by atoms with Crippen LogP contribution in [0.1, 0.15) is 41.4 Å². The van der Waals surface area contributed by atoms with Crippen LogP contribution in [-0.2, 0) is 16.0 Å². The molecule has 0 bridgehead atoms. The highest BCUT2D eigenvalue weighted by Gasteiger charge is 2.09. The molecule has 0 fully saturated rings. The molecule has 0 atom stereocenters. The third-order valence-electron chi connectivity index (χ3n) is 7.15. The molecule has 2 aromatic heterocycles. The Balaban J connectivity index is 0.000000182. The molecule has 0 radical (unpaired) electrons. The van der Waals surface area contributed by atoms with Gasteiger partial charge >= 0.3 is 11.9 Å². The van der Waals surface area contributed by atoms with Gasteiger partial charge in [-0.25, -0.2) is 9.59 Å². The number of fused-ring (bicyclic) bond motifs is 2. The van der Waals surface area contributed by atoms with Crippen molar-refractivity contribution in [3.8, 4) is 11.5 Å². The van der Waals surface area contributed by atoms with Crippen molar-refractivity contribution in [2.75, 3.05) is 32.8 Å². The van der Waals surface area contributed by atoms with Crippen molar-refractivity contribution in [2.24, 2.45) is 0 Å². The van der Waals surface area contributed by atoms with Crippen molar-refractivity contribution in [3.63, 3.8) is 0 Å². The number of benzene rings is 4. The molecule has 6 rings (SSSR count). The number of nitrogens with zero attached hydrogens (tertiary/aromatic N) is 1. The van der Waals surface area contributed by atoms with Crippen molar-refractivity contribution in [3.05, 3.63) is 132 Å². The predicted molar refractivity (Wildman–Crippen MR) is 191 cm³/mol. The van der Waals surface area contributed by atoms with Crippen LogP contribution in [0.5, 0.6) is 11.5 Å². The van der Waals surface area contributed by atoms with Crippen LogP contribution >= 0.6 is 15.9 Å². The molecule has 4 aromatic carbocycles. The van der Waals surface area contributed by atoms with E-state index >= 15 is 0 Å². The predicted octanol–water partition coefficient (Wildman–Crippen LogP) is 7.55. The molecule has 0 saturated heterocycles. The number of aromatic amines is 1. The molecule has 0 spiro atoms. The normalized spacial score (nSPS) is 10.2. The fourth-order valence-corrected chi connectivity index (χ4v) is 4.78. The maximum absolute atomic E-state index is 11.7. The van der Waals surface area contributed by atoms with E-state index in [1.165, 1.54) is 14.2 Å². The Hall–Kier alpha value is -5.68. The maximum Gasteiger partial charge on any atom is 0.337 e. The van der Waals surface area contributed by atoms with Crippen molar-refractivity contribution in [1.29, 1.82) is 0 Å². The van der Waals surface area contributed by atoms with Crippen LogP contribution < -0.4 is 9.47 Å². The second kappa shape index (κ2) is 18.6. The highest BCUT2D eigenvalue weighted by atomic mass is 79.9. The number of alkyl halides is 1. The van der Waals surface area contributed by atoms with Gasteiger partial charge in [0, 0.05) is 39.9 Å². The molecule has 1 N–H and O–H groups in total. The van der Waals surface area contributed by atoms with Crippen LogP contribution in [0, 0.1) is 0 Å². The van der Waals surface area contributed by atoms with Crippen molar-refractivity contribution < 1.29 is 38.1 Å². The van der Waals surface area contributed by atoms with Crippen LogP contribution in [0.15, 0.2) is 109 Å². The van der Waals surface area contributed by atoms with E-state index in [9.17, 15) is 19.2 Å². The van der Waals surface area contributed by atoms with E-state index in [0.717, 1.165) is 45.5 Å². The minimum Gasteiger partial charge on any atom is -0.493 e. The number of hydrogen-bond acceptors (Lipinski definition) is 8. The van der Waals surface area contributed by atoms with E-state index in [1.807, 2.05) is 47.3 Å². The van der Waals surface area contributed by atoms with E-state index in [-0.39, 0.29) is 11.9 Å². The smallest absolute Gasteiger partial charge is 0.337 e. The lowest BCUT2D eigenvalue weighted by Gasteiger charge is -2.09. The van der Waals surface area contributed by atoms with Gasteiger partial charge in [-0.15, -0.1) is 0 Å². The summed E-state index contributed by atoms with van der Waals surface area (Å²) in [6, 6.07) is 28.9.